The Hall–Kier alpha value is -1.62. The van der Waals surface area contributed by atoms with Gasteiger partial charge in [0.1, 0.15) is 10.6 Å². The zero-order valence-corrected chi connectivity index (χ0v) is 11.9. The van der Waals surface area contributed by atoms with Crippen LogP contribution in [0.25, 0.3) is 0 Å². The van der Waals surface area contributed by atoms with Gasteiger partial charge in [0.25, 0.3) is 0 Å². The number of ether oxygens (including phenoxy) is 1. The minimum absolute atomic E-state index is 0.251. The zero-order chi connectivity index (χ0) is 13.9. The van der Waals surface area contributed by atoms with Gasteiger partial charge in [-0.1, -0.05) is 24.4 Å². The van der Waals surface area contributed by atoms with Crippen molar-refractivity contribution in [2.75, 3.05) is 11.9 Å². The van der Waals surface area contributed by atoms with E-state index in [9.17, 15) is 4.79 Å². The van der Waals surface area contributed by atoms with Crippen molar-refractivity contribution in [3.8, 4) is 0 Å². The quantitative estimate of drug-likeness (QED) is 0.836. The molecule has 0 radical (unpaired) electrons. The van der Waals surface area contributed by atoms with Gasteiger partial charge in [0.2, 0.25) is 0 Å². The predicted molar refractivity (Wildman–Crippen MR) is 77.0 cm³/mol. The minimum Gasteiger partial charge on any atom is -0.443 e. The van der Waals surface area contributed by atoms with Gasteiger partial charge in [-0.15, -0.1) is 0 Å². The first-order valence-corrected chi connectivity index (χ1v) is 5.99. The number of nitrogens with zero attached hydrogens (tertiary/aromatic N) is 1. The molecule has 98 valence electrons. The molecule has 0 saturated carbocycles. The van der Waals surface area contributed by atoms with Gasteiger partial charge in [0.05, 0.1) is 5.69 Å². The van der Waals surface area contributed by atoms with Crippen LogP contribution < -0.4 is 10.6 Å². The van der Waals surface area contributed by atoms with Crippen LogP contribution in [-0.4, -0.2) is 23.7 Å². The average molecular weight is 266 g/mol. The third-order valence-electron chi connectivity index (χ3n) is 2.20. The Labute approximate surface area is 113 Å². The molecule has 18 heavy (non-hydrogen) atoms. The highest BCUT2D eigenvalue weighted by Crippen LogP contribution is 2.21. The Morgan fingerprint density at radius 2 is 1.89 bits per heavy atom. The minimum atomic E-state index is -0.538. The topological polar surface area (TPSA) is 55.6 Å². The van der Waals surface area contributed by atoms with Crippen LogP contribution in [0, 0.1) is 0 Å². The maximum atomic E-state index is 12.0. The normalized spacial score (nSPS) is 10.9. The number of rotatable bonds is 2. The number of hydrogen-bond donors (Lipinski definition) is 1. The van der Waals surface area contributed by atoms with Gasteiger partial charge >= 0.3 is 6.09 Å². The highest BCUT2D eigenvalue weighted by molar-refractivity contribution is 7.80. The lowest BCUT2D eigenvalue weighted by Crippen LogP contribution is -2.35. The van der Waals surface area contributed by atoms with E-state index < -0.39 is 11.7 Å². The van der Waals surface area contributed by atoms with Gasteiger partial charge in [-0.2, -0.15) is 0 Å². The standard InChI is InChI=1S/C13H18N2O2S/c1-13(2,3)17-12(16)15(4)10-8-6-5-7-9(10)11(14)18/h5-8H,1-4H3,(H2,14,18). The molecule has 0 saturated heterocycles. The van der Waals surface area contributed by atoms with Gasteiger partial charge < -0.3 is 10.5 Å². The summed E-state index contributed by atoms with van der Waals surface area (Å²) in [5, 5.41) is 0. The molecule has 4 nitrogen and oxygen atoms in total. The van der Waals surface area contributed by atoms with E-state index >= 15 is 0 Å². The lowest BCUT2D eigenvalue weighted by molar-refractivity contribution is 0.0589. The van der Waals surface area contributed by atoms with Crippen molar-refractivity contribution in [3.63, 3.8) is 0 Å². The summed E-state index contributed by atoms with van der Waals surface area (Å²) in [6, 6.07) is 7.19. The molecular weight excluding hydrogens is 248 g/mol. The second kappa shape index (κ2) is 5.35. The van der Waals surface area contributed by atoms with Crippen molar-refractivity contribution in [2.24, 2.45) is 5.73 Å². The van der Waals surface area contributed by atoms with Crippen LogP contribution in [0.1, 0.15) is 26.3 Å². The molecule has 5 heteroatoms. The van der Waals surface area contributed by atoms with Gasteiger partial charge in [-0.25, -0.2) is 4.79 Å². The Morgan fingerprint density at radius 3 is 2.39 bits per heavy atom. The van der Waals surface area contributed by atoms with Crippen LogP contribution in [-0.2, 0) is 4.74 Å². The average Bonchev–Trinajstić information content (AvgIpc) is 2.25. The summed E-state index contributed by atoms with van der Waals surface area (Å²) in [7, 11) is 1.63. The summed E-state index contributed by atoms with van der Waals surface area (Å²) in [4.78, 5) is 13.6. The van der Waals surface area contributed by atoms with Crippen LogP contribution in [0.4, 0.5) is 10.5 Å². The van der Waals surface area contributed by atoms with Gasteiger partial charge in [0.15, 0.2) is 0 Å². The Bertz CT molecular complexity index is 466. The molecule has 1 aromatic rings. The van der Waals surface area contributed by atoms with E-state index in [0.717, 1.165) is 0 Å². The molecule has 1 amide bonds. The second-order valence-electron chi connectivity index (χ2n) is 4.92. The molecule has 0 atom stereocenters. The summed E-state index contributed by atoms with van der Waals surface area (Å²) < 4.78 is 5.29. The van der Waals surface area contributed by atoms with Crippen LogP contribution in [0.3, 0.4) is 0 Å². The number of anilines is 1. The van der Waals surface area contributed by atoms with E-state index in [-0.39, 0.29) is 4.99 Å². The van der Waals surface area contributed by atoms with Crippen molar-refractivity contribution < 1.29 is 9.53 Å². The van der Waals surface area contributed by atoms with E-state index in [0.29, 0.717) is 11.3 Å². The second-order valence-corrected chi connectivity index (χ2v) is 5.36. The fourth-order valence-corrected chi connectivity index (χ4v) is 1.58. The zero-order valence-electron chi connectivity index (χ0n) is 11.1. The highest BCUT2D eigenvalue weighted by atomic mass is 32.1. The van der Waals surface area contributed by atoms with Crippen molar-refractivity contribution in [1.29, 1.82) is 0 Å². The number of carbonyl (C=O) groups is 1. The molecule has 0 unspecified atom stereocenters. The van der Waals surface area contributed by atoms with Crippen LogP contribution in [0.5, 0.6) is 0 Å². The fraction of sp³-hybridized carbons (Fsp3) is 0.385. The molecular formula is C13H18N2O2S. The molecule has 0 spiro atoms. The van der Waals surface area contributed by atoms with Crippen LogP contribution in [0.2, 0.25) is 0 Å². The fourth-order valence-electron chi connectivity index (χ4n) is 1.40. The van der Waals surface area contributed by atoms with Crippen molar-refractivity contribution in [3.05, 3.63) is 29.8 Å². The molecule has 0 fully saturated rings. The van der Waals surface area contributed by atoms with Gasteiger partial charge in [-0.3, -0.25) is 4.90 Å². The number of thiocarbonyl (C=S) groups is 1. The molecule has 0 aliphatic rings. The van der Waals surface area contributed by atoms with E-state index in [1.54, 1.807) is 19.2 Å². The molecule has 0 aliphatic carbocycles. The van der Waals surface area contributed by atoms with E-state index in [1.807, 2.05) is 32.9 Å². The van der Waals surface area contributed by atoms with Crippen molar-refractivity contribution in [1.82, 2.24) is 0 Å². The lowest BCUT2D eigenvalue weighted by atomic mass is 10.1. The summed E-state index contributed by atoms with van der Waals surface area (Å²) in [6.07, 6.45) is -0.439. The molecule has 0 heterocycles. The first-order chi connectivity index (χ1) is 8.22. The van der Waals surface area contributed by atoms with Gasteiger partial charge in [-0.05, 0) is 32.9 Å². The number of nitrogens with two attached hydrogens (primary N) is 1. The monoisotopic (exact) mass is 266 g/mol. The molecule has 1 aromatic carbocycles. The molecule has 0 bridgehead atoms. The molecule has 1 rings (SSSR count). The molecule has 0 aromatic heterocycles. The number of amides is 1. The smallest absolute Gasteiger partial charge is 0.414 e. The largest absolute Gasteiger partial charge is 0.443 e. The summed E-state index contributed by atoms with van der Waals surface area (Å²) in [5.74, 6) is 0. The summed E-state index contributed by atoms with van der Waals surface area (Å²) in [6.45, 7) is 5.45. The first kappa shape index (κ1) is 14.4. The summed E-state index contributed by atoms with van der Waals surface area (Å²) in [5.41, 5.74) is 6.39. The third-order valence-corrected chi connectivity index (χ3v) is 2.42. The maximum absolute atomic E-state index is 12.0. The maximum Gasteiger partial charge on any atom is 0.414 e. The SMILES string of the molecule is CN(C(=O)OC(C)(C)C)c1ccccc1C(N)=S. The van der Waals surface area contributed by atoms with Crippen LogP contribution >= 0.6 is 12.2 Å². The van der Waals surface area contributed by atoms with Gasteiger partial charge in [0, 0.05) is 12.6 Å². The van der Waals surface area contributed by atoms with E-state index in [1.165, 1.54) is 4.90 Å². The van der Waals surface area contributed by atoms with Crippen molar-refractivity contribution >= 4 is 29.0 Å². The summed E-state index contributed by atoms with van der Waals surface area (Å²) >= 11 is 4.96. The van der Waals surface area contributed by atoms with E-state index in [4.69, 9.17) is 22.7 Å². The van der Waals surface area contributed by atoms with Crippen LogP contribution in [0.15, 0.2) is 24.3 Å². The van der Waals surface area contributed by atoms with E-state index in [2.05, 4.69) is 0 Å². The lowest BCUT2D eigenvalue weighted by Gasteiger charge is -2.25. The predicted octanol–water partition coefficient (Wildman–Crippen LogP) is 2.69. The third kappa shape index (κ3) is 3.70. The first-order valence-electron chi connectivity index (χ1n) is 5.58. The molecule has 2 N–H and O–H groups in total. The number of hydrogen-bond acceptors (Lipinski definition) is 3. The van der Waals surface area contributed by atoms with Crippen molar-refractivity contribution in [2.45, 2.75) is 26.4 Å². The highest BCUT2D eigenvalue weighted by Gasteiger charge is 2.22. The number of benzene rings is 1. The number of para-hydroxylation sites is 1. The Balaban J connectivity index is 3.00. The Kier molecular flexibility index (Phi) is 4.29. The number of carbonyl (C=O) groups excluding carboxylic acids is 1. The Morgan fingerprint density at radius 1 is 1.33 bits per heavy atom. The molecule has 0 aliphatic heterocycles.